The van der Waals surface area contributed by atoms with E-state index in [2.05, 4.69) is 78.3 Å². The van der Waals surface area contributed by atoms with E-state index >= 15 is 0 Å². The summed E-state index contributed by atoms with van der Waals surface area (Å²) in [5, 5.41) is 2.47. The smallest absolute Gasteiger partial charge is 0.0525 e. The van der Waals surface area contributed by atoms with Crippen LogP contribution in [0.25, 0.3) is 10.8 Å². The fourth-order valence-corrected chi connectivity index (χ4v) is 2.60. The summed E-state index contributed by atoms with van der Waals surface area (Å²) >= 11 is 0. The summed E-state index contributed by atoms with van der Waals surface area (Å²) in [5.41, 5.74) is 3.46. The minimum atomic E-state index is 0.844. The molecule has 2 aromatic carbocycles. The van der Waals surface area contributed by atoms with Crippen LogP contribution in [0.1, 0.15) is 36.1 Å². The third kappa shape index (κ3) is 3.99. The molecule has 0 bridgehead atoms. The van der Waals surface area contributed by atoms with Gasteiger partial charge in [-0.25, -0.2) is 0 Å². The normalized spacial score (nSPS) is 10.3. The molecule has 0 N–H and O–H groups in total. The number of fused-ring (bicyclic) bond motifs is 1. The van der Waals surface area contributed by atoms with Crippen LogP contribution in [0, 0.1) is 18.8 Å². The van der Waals surface area contributed by atoms with Crippen LogP contribution in [-0.2, 0) is 6.42 Å². The Labute approximate surface area is 138 Å². The van der Waals surface area contributed by atoms with Gasteiger partial charge in [0.2, 0.25) is 0 Å². The molecule has 1 nitrogen and oxygen atoms in total. The maximum Gasteiger partial charge on any atom is 0.0525 e. The van der Waals surface area contributed by atoms with E-state index in [0.717, 1.165) is 36.9 Å². The lowest BCUT2D eigenvalue weighted by Crippen LogP contribution is -1.93. The minimum absolute atomic E-state index is 0.844. The quantitative estimate of drug-likeness (QED) is 0.477. The lowest BCUT2D eigenvalue weighted by atomic mass is 10.0. The van der Waals surface area contributed by atoms with Crippen LogP contribution in [0.15, 0.2) is 60.8 Å². The molecule has 3 aromatic rings. The van der Waals surface area contributed by atoms with Gasteiger partial charge < -0.3 is 0 Å². The topological polar surface area (TPSA) is 12.9 Å². The predicted molar refractivity (Wildman–Crippen MR) is 97.1 cm³/mol. The van der Waals surface area contributed by atoms with E-state index in [0.29, 0.717) is 0 Å². The average Bonchev–Trinajstić information content (AvgIpc) is 2.60. The molecule has 0 aliphatic rings. The van der Waals surface area contributed by atoms with Gasteiger partial charge in [0.15, 0.2) is 0 Å². The Kier molecular flexibility index (Phi) is 5.06. The van der Waals surface area contributed by atoms with Crippen LogP contribution in [0.5, 0.6) is 0 Å². The highest BCUT2D eigenvalue weighted by molar-refractivity contribution is 5.84. The second kappa shape index (κ2) is 7.61. The van der Waals surface area contributed by atoms with Gasteiger partial charge in [0, 0.05) is 30.0 Å². The first-order valence-corrected chi connectivity index (χ1v) is 8.06. The molecule has 1 aromatic heterocycles. The number of hydrogen-bond acceptors (Lipinski definition) is 1. The molecule has 1 heteroatoms. The average molecular weight is 298 g/mol. The van der Waals surface area contributed by atoms with Gasteiger partial charge in [-0.1, -0.05) is 61.6 Å². The van der Waals surface area contributed by atoms with Crippen LogP contribution in [-0.4, -0.2) is 4.98 Å². The van der Waals surface area contributed by atoms with Gasteiger partial charge in [0.1, 0.15) is 0 Å². The molecule has 3 rings (SSSR count). The third-order valence-corrected chi connectivity index (χ3v) is 3.87. The standard InChI is InChI=1S/C22H20N/c1-2-3-4-5-8-18-11-13-19(14-12-18)17-22-21-10-7-6-9-20(21)15-16-23-22/h6-7,9-16H,1-4,17H2. The number of benzene rings is 2. The van der Waals surface area contributed by atoms with Gasteiger partial charge in [-0.15, -0.1) is 0 Å². The molecule has 0 unspecified atom stereocenters. The monoisotopic (exact) mass is 298 g/mol. The van der Waals surface area contributed by atoms with Crippen molar-refractivity contribution in [2.45, 2.75) is 25.7 Å². The van der Waals surface area contributed by atoms with Crippen LogP contribution < -0.4 is 0 Å². The summed E-state index contributed by atoms with van der Waals surface area (Å²) < 4.78 is 0. The summed E-state index contributed by atoms with van der Waals surface area (Å²) in [6.07, 6.45) is 5.67. The van der Waals surface area contributed by atoms with E-state index in [1.165, 1.54) is 16.3 Å². The Morgan fingerprint density at radius 1 is 0.957 bits per heavy atom. The Morgan fingerprint density at radius 3 is 2.61 bits per heavy atom. The maximum absolute atomic E-state index is 4.56. The number of unbranched alkanes of at least 4 members (excludes halogenated alkanes) is 2. The molecule has 0 spiro atoms. The molecular formula is C22H20N. The van der Waals surface area contributed by atoms with E-state index in [1.54, 1.807) is 0 Å². The van der Waals surface area contributed by atoms with Gasteiger partial charge in [-0.3, -0.25) is 4.98 Å². The van der Waals surface area contributed by atoms with Crippen LogP contribution in [0.2, 0.25) is 0 Å². The Morgan fingerprint density at radius 2 is 1.78 bits per heavy atom. The van der Waals surface area contributed by atoms with Crippen molar-refractivity contribution in [2.75, 3.05) is 0 Å². The molecule has 23 heavy (non-hydrogen) atoms. The molecule has 0 aliphatic heterocycles. The SMILES string of the molecule is [CH2]CCCC#Cc1ccc(Cc2nccc3ccccc23)cc1. The number of nitrogens with zero attached hydrogens (tertiary/aromatic N) is 1. The summed E-state index contributed by atoms with van der Waals surface area (Å²) in [5.74, 6) is 6.40. The molecule has 0 saturated heterocycles. The molecule has 0 atom stereocenters. The molecule has 0 fully saturated rings. The van der Waals surface area contributed by atoms with Crippen molar-refractivity contribution in [2.24, 2.45) is 0 Å². The molecule has 1 heterocycles. The lowest BCUT2D eigenvalue weighted by Gasteiger charge is -2.06. The molecule has 113 valence electrons. The van der Waals surface area contributed by atoms with Crippen LogP contribution >= 0.6 is 0 Å². The predicted octanol–water partition coefficient (Wildman–Crippen LogP) is 5.18. The fraction of sp³-hybridized carbons (Fsp3) is 0.182. The van der Waals surface area contributed by atoms with Crippen molar-refractivity contribution in [1.29, 1.82) is 0 Å². The van der Waals surface area contributed by atoms with Crippen LogP contribution in [0.4, 0.5) is 0 Å². The Balaban J connectivity index is 1.76. The summed E-state index contributed by atoms with van der Waals surface area (Å²) in [4.78, 5) is 4.56. The Bertz CT molecular complexity index is 830. The highest BCUT2D eigenvalue weighted by atomic mass is 14.7. The van der Waals surface area contributed by atoms with Crippen molar-refractivity contribution in [1.82, 2.24) is 4.98 Å². The van der Waals surface area contributed by atoms with Crippen molar-refractivity contribution < 1.29 is 0 Å². The van der Waals surface area contributed by atoms with Crippen LogP contribution in [0.3, 0.4) is 0 Å². The Hall–Kier alpha value is -2.59. The van der Waals surface area contributed by atoms with Gasteiger partial charge in [-0.05, 0) is 35.6 Å². The van der Waals surface area contributed by atoms with Gasteiger partial charge in [0.05, 0.1) is 5.69 Å². The van der Waals surface area contributed by atoms with E-state index in [4.69, 9.17) is 0 Å². The first-order chi connectivity index (χ1) is 11.4. The van der Waals surface area contributed by atoms with E-state index < -0.39 is 0 Å². The maximum atomic E-state index is 4.56. The van der Waals surface area contributed by atoms with E-state index in [-0.39, 0.29) is 0 Å². The zero-order chi connectivity index (χ0) is 15.9. The number of rotatable bonds is 4. The van der Waals surface area contributed by atoms with E-state index in [9.17, 15) is 0 Å². The molecule has 1 radical (unpaired) electrons. The molecule has 0 aliphatic carbocycles. The lowest BCUT2D eigenvalue weighted by molar-refractivity contribution is 0.883. The highest BCUT2D eigenvalue weighted by Gasteiger charge is 2.03. The largest absolute Gasteiger partial charge is 0.260 e. The van der Waals surface area contributed by atoms with Gasteiger partial charge >= 0.3 is 0 Å². The molecular weight excluding hydrogens is 278 g/mol. The zero-order valence-electron chi connectivity index (χ0n) is 13.3. The number of aromatic nitrogens is 1. The van der Waals surface area contributed by atoms with Gasteiger partial charge in [0.25, 0.3) is 0 Å². The first-order valence-electron chi connectivity index (χ1n) is 8.06. The third-order valence-electron chi connectivity index (χ3n) is 3.87. The summed E-state index contributed by atoms with van der Waals surface area (Å²) in [7, 11) is 0. The first kappa shape index (κ1) is 15.3. The van der Waals surface area contributed by atoms with Crippen molar-refractivity contribution >= 4 is 10.8 Å². The minimum Gasteiger partial charge on any atom is -0.260 e. The highest BCUT2D eigenvalue weighted by Crippen LogP contribution is 2.19. The van der Waals surface area contributed by atoms with Crippen molar-refractivity contribution in [3.63, 3.8) is 0 Å². The second-order valence-electron chi connectivity index (χ2n) is 5.61. The van der Waals surface area contributed by atoms with E-state index in [1.807, 2.05) is 6.20 Å². The van der Waals surface area contributed by atoms with Crippen molar-refractivity contribution in [3.05, 3.63) is 84.5 Å². The molecule has 0 saturated carbocycles. The number of hydrogen-bond donors (Lipinski definition) is 0. The summed E-state index contributed by atoms with van der Waals surface area (Å²) in [6.45, 7) is 3.83. The second-order valence-corrected chi connectivity index (χ2v) is 5.61. The fourth-order valence-electron chi connectivity index (χ4n) is 2.60. The molecule has 0 amide bonds. The van der Waals surface area contributed by atoms with Gasteiger partial charge in [-0.2, -0.15) is 0 Å². The summed E-state index contributed by atoms with van der Waals surface area (Å²) in [6, 6.07) is 18.9. The van der Waals surface area contributed by atoms with Crippen molar-refractivity contribution in [3.8, 4) is 11.8 Å². The zero-order valence-corrected chi connectivity index (χ0v) is 13.3. The number of pyridine rings is 1.